The van der Waals surface area contributed by atoms with Crippen LogP contribution in [-0.2, 0) is 14.0 Å². The minimum atomic E-state index is -0.429. The van der Waals surface area contributed by atoms with Crippen LogP contribution in [-0.4, -0.2) is 44.2 Å². The second-order valence-corrected chi connectivity index (χ2v) is 4.22. The summed E-state index contributed by atoms with van der Waals surface area (Å²) in [5, 5.41) is 9.31. The standard InChI is InChI=1S/C11H14BNO4/c13-4-8-3-7-1-2-15-6-9-10(5-14)17-12(16-8)11(7)9/h1-3,8,10,14H,4-6,13H2/t8-,10?/m0/s1. The highest BCUT2D eigenvalue weighted by molar-refractivity contribution is 6.57. The third-order valence-corrected chi connectivity index (χ3v) is 3.21. The monoisotopic (exact) mass is 235 g/mol. The van der Waals surface area contributed by atoms with E-state index < -0.39 is 7.12 Å². The Hall–Kier alpha value is -1.08. The zero-order chi connectivity index (χ0) is 11.8. The van der Waals surface area contributed by atoms with Crippen LogP contribution in [0.1, 0.15) is 0 Å². The van der Waals surface area contributed by atoms with Crippen molar-refractivity contribution >= 4 is 7.12 Å². The van der Waals surface area contributed by atoms with Gasteiger partial charge >= 0.3 is 7.12 Å². The molecule has 17 heavy (non-hydrogen) atoms. The molecule has 90 valence electrons. The van der Waals surface area contributed by atoms with Gasteiger partial charge in [0.25, 0.3) is 0 Å². The maximum Gasteiger partial charge on any atom is 0.495 e. The molecular formula is C11H14BNO4. The summed E-state index contributed by atoms with van der Waals surface area (Å²) in [6, 6.07) is 0. The summed E-state index contributed by atoms with van der Waals surface area (Å²) in [5.41, 5.74) is 8.59. The summed E-state index contributed by atoms with van der Waals surface area (Å²) in [6.45, 7) is 0.772. The van der Waals surface area contributed by atoms with Crippen LogP contribution in [0, 0.1) is 0 Å². The molecule has 0 bridgehead atoms. The van der Waals surface area contributed by atoms with Crippen molar-refractivity contribution in [3.63, 3.8) is 0 Å². The van der Waals surface area contributed by atoms with E-state index in [1.807, 2.05) is 12.2 Å². The Kier molecular flexibility index (Phi) is 2.80. The Morgan fingerprint density at radius 3 is 3.12 bits per heavy atom. The predicted molar refractivity (Wildman–Crippen MR) is 61.8 cm³/mol. The third-order valence-electron chi connectivity index (χ3n) is 3.21. The molecule has 1 unspecified atom stereocenters. The van der Waals surface area contributed by atoms with E-state index in [4.69, 9.17) is 19.8 Å². The van der Waals surface area contributed by atoms with Gasteiger partial charge in [-0.3, -0.25) is 0 Å². The van der Waals surface area contributed by atoms with Gasteiger partial charge in [0.15, 0.2) is 0 Å². The minimum absolute atomic E-state index is 0.0668. The van der Waals surface area contributed by atoms with E-state index in [1.54, 1.807) is 6.26 Å². The fourth-order valence-corrected chi connectivity index (χ4v) is 2.39. The summed E-state index contributed by atoms with van der Waals surface area (Å²) in [5.74, 6) is 0. The molecular weight excluding hydrogens is 221 g/mol. The molecule has 6 heteroatoms. The van der Waals surface area contributed by atoms with E-state index in [9.17, 15) is 5.11 Å². The zero-order valence-electron chi connectivity index (χ0n) is 9.33. The molecule has 3 aliphatic rings. The maximum absolute atomic E-state index is 9.31. The molecule has 3 N–H and O–H groups in total. The Morgan fingerprint density at radius 2 is 2.35 bits per heavy atom. The number of aliphatic hydroxyl groups is 1. The lowest BCUT2D eigenvalue weighted by atomic mass is 9.70. The second kappa shape index (κ2) is 4.31. The van der Waals surface area contributed by atoms with Gasteiger partial charge < -0.3 is 24.9 Å². The van der Waals surface area contributed by atoms with E-state index >= 15 is 0 Å². The second-order valence-electron chi connectivity index (χ2n) is 4.22. The van der Waals surface area contributed by atoms with Crippen molar-refractivity contribution in [1.82, 2.24) is 0 Å². The molecule has 0 saturated carbocycles. The number of aliphatic hydroxyl groups excluding tert-OH is 1. The van der Waals surface area contributed by atoms with Gasteiger partial charge in [-0.15, -0.1) is 0 Å². The highest BCUT2D eigenvalue weighted by Gasteiger charge is 2.44. The molecule has 3 rings (SSSR count). The summed E-state index contributed by atoms with van der Waals surface area (Å²) >= 11 is 0. The van der Waals surface area contributed by atoms with Crippen LogP contribution >= 0.6 is 0 Å². The Bertz CT molecular complexity index is 418. The van der Waals surface area contributed by atoms with E-state index in [0.29, 0.717) is 13.2 Å². The van der Waals surface area contributed by atoms with Gasteiger partial charge in [-0.1, -0.05) is 0 Å². The number of rotatable bonds is 2. The van der Waals surface area contributed by atoms with Crippen LogP contribution in [0.2, 0.25) is 0 Å². The Morgan fingerprint density at radius 1 is 1.47 bits per heavy atom. The molecule has 5 nitrogen and oxygen atoms in total. The van der Waals surface area contributed by atoms with E-state index in [1.165, 1.54) is 0 Å². The summed E-state index contributed by atoms with van der Waals surface area (Å²) in [7, 11) is -0.429. The lowest BCUT2D eigenvalue weighted by Gasteiger charge is -2.24. The number of hydrogen-bond donors (Lipinski definition) is 2. The number of ether oxygens (including phenoxy) is 1. The van der Waals surface area contributed by atoms with E-state index in [0.717, 1.165) is 16.6 Å². The van der Waals surface area contributed by atoms with Gasteiger partial charge in [-0.2, -0.15) is 0 Å². The van der Waals surface area contributed by atoms with Crippen LogP contribution in [0.15, 0.2) is 35.0 Å². The first-order valence-corrected chi connectivity index (χ1v) is 5.68. The van der Waals surface area contributed by atoms with Crippen LogP contribution in [0.25, 0.3) is 0 Å². The fraction of sp³-hybridized carbons (Fsp3) is 0.455. The molecule has 2 atom stereocenters. The van der Waals surface area contributed by atoms with Crippen molar-refractivity contribution in [3.05, 3.63) is 35.0 Å². The van der Waals surface area contributed by atoms with Crippen LogP contribution in [0.4, 0.5) is 0 Å². The van der Waals surface area contributed by atoms with Gasteiger partial charge in [-0.25, -0.2) is 0 Å². The van der Waals surface area contributed by atoms with Crippen LogP contribution in [0.3, 0.4) is 0 Å². The van der Waals surface area contributed by atoms with Crippen molar-refractivity contribution in [2.24, 2.45) is 5.73 Å². The Balaban J connectivity index is 2.03. The van der Waals surface area contributed by atoms with Gasteiger partial charge in [-0.05, 0) is 28.8 Å². The first kappa shape index (κ1) is 11.0. The molecule has 0 fully saturated rings. The van der Waals surface area contributed by atoms with Crippen molar-refractivity contribution < 1.29 is 19.2 Å². The van der Waals surface area contributed by atoms with Gasteiger partial charge in [0, 0.05) is 6.54 Å². The van der Waals surface area contributed by atoms with E-state index in [-0.39, 0.29) is 18.8 Å². The molecule has 0 saturated heterocycles. The predicted octanol–water partition coefficient (Wildman–Crippen LogP) is -0.471. The lowest BCUT2D eigenvalue weighted by Crippen LogP contribution is -2.37. The Labute approximate surface area is 99.7 Å². The normalized spacial score (nSPS) is 30.9. The van der Waals surface area contributed by atoms with Crippen LogP contribution < -0.4 is 5.73 Å². The van der Waals surface area contributed by atoms with Crippen LogP contribution in [0.5, 0.6) is 0 Å². The largest absolute Gasteiger partial charge is 0.497 e. The summed E-state index contributed by atoms with van der Waals surface area (Å²) in [4.78, 5) is 0. The number of allylic oxidation sites excluding steroid dienone is 3. The lowest BCUT2D eigenvalue weighted by molar-refractivity contribution is 0.100. The van der Waals surface area contributed by atoms with Gasteiger partial charge in [0.1, 0.15) is 6.61 Å². The molecule has 0 amide bonds. The van der Waals surface area contributed by atoms with Crippen molar-refractivity contribution in [2.45, 2.75) is 12.2 Å². The maximum atomic E-state index is 9.31. The molecule has 0 spiro atoms. The van der Waals surface area contributed by atoms with Gasteiger partial charge in [0.05, 0.1) is 25.1 Å². The molecule has 3 heterocycles. The smallest absolute Gasteiger partial charge is 0.495 e. The van der Waals surface area contributed by atoms with Gasteiger partial charge in [0.2, 0.25) is 0 Å². The third kappa shape index (κ3) is 1.73. The summed E-state index contributed by atoms with van der Waals surface area (Å²) < 4.78 is 16.7. The molecule has 0 aromatic carbocycles. The fourth-order valence-electron chi connectivity index (χ4n) is 2.39. The average molecular weight is 235 g/mol. The SMILES string of the molecule is NC[C@@H]1C=C2C=COCC3=C2B(OC3CO)O1. The van der Waals surface area contributed by atoms with E-state index in [2.05, 4.69) is 0 Å². The molecule has 3 aliphatic heterocycles. The number of nitrogens with two attached hydrogens (primary N) is 1. The topological polar surface area (TPSA) is 73.9 Å². The quantitative estimate of drug-likeness (QED) is 0.633. The molecule has 0 aromatic heterocycles. The molecule has 0 aromatic rings. The first-order chi connectivity index (χ1) is 8.33. The van der Waals surface area contributed by atoms with Crippen molar-refractivity contribution in [2.75, 3.05) is 19.8 Å². The van der Waals surface area contributed by atoms with Crippen molar-refractivity contribution in [3.8, 4) is 0 Å². The number of hydrogen-bond acceptors (Lipinski definition) is 5. The molecule has 0 aliphatic carbocycles. The highest BCUT2D eigenvalue weighted by Crippen LogP contribution is 2.36. The van der Waals surface area contributed by atoms with Crippen molar-refractivity contribution in [1.29, 1.82) is 0 Å². The zero-order valence-corrected chi connectivity index (χ0v) is 9.33. The summed E-state index contributed by atoms with van der Waals surface area (Å²) in [6.07, 6.45) is 5.04. The first-order valence-electron chi connectivity index (χ1n) is 5.68. The highest BCUT2D eigenvalue weighted by atomic mass is 16.6. The minimum Gasteiger partial charge on any atom is -0.497 e. The average Bonchev–Trinajstić information content (AvgIpc) is 2.57. The molecule has 0 radical (unpaired) electrons.